The Morgan fingerprint density at radius 2 is 1.73 bits per heavy atom. The molecule has 0 aromatic heterocycles. The monoisotopic (exact) mass is 214 g/mol. The van der Waals surface area contributed by atoms with Crippen LogP contribution in [0.25, 0.3) is 0 Å². The lowest BCUT2D eigenvalue weighted by Gasteiger charge is -2.22. The second-order valence-corrected chi connectivity index (χ2v) is 5.60. The summed E-state index contributed by atoms with van der Waals surface area (Å²) in [6.07, 6.45) is 1.38. The SMILES string of the molecule is OCCCCC(O)C(S)(S)S. The molecule has 0 spiro atoms. The first-order valence-electron chi connectivity index (χ1n) is 3.44. The van der Waals surface area contributed by atoms with Crippen molar-refractivity contribution in [1.29, 1.82) is 0 Å². The van der Waals surface area contributed by atoms with Crippen molar-refractivity contribution in [3.8, 4) is 0 Å². The third kappa shape index (κ3) is 6.16. The predicted octanol–water partition coefficient (Wildman–Crippen LogP) is 0.953. The maximum absolute atomic E-state index is 9.30. The van der Waals surface area contributed by atoms with Crippen molar-refractivity contribution < 1.29 is 10.2 Å². The Kier molecular flexibility index (Phi) is 6.08. The van der Waals surface area contributed by atoms with E-state index in [0.717, 1.165) is 6.42 Å². The van der Waals surface area contributed by atoms with Crippen molar-refractivity contribution >= 4 is 37.9 Å². The van der Waals surface area contributed by atoms with Crippen molar-refractivity contribution in [1.82, 2.24) is 0 Å². The summed E-state index contributed by atoms with van der Waals surface area (Å²) >= 11 is 11.9. The van der Waals surface area contributed by atoms with E-state index in [-0.39, 0.29) is 6.61 Å². The average Bonchev–Trinajstić information content (AvgIpc) is 1.86. The summed E-state index contributed by atoms with van der Waals surface area (Å²) in [6.45, 7) is 0.158. The van der Waals surface area contributed by atoms with Crippen LogP contribution in [0.4, 0.5) is 0 Å². The van der Waals surface area contributed by atoms with E-state index in [1.165, 1.54) is 0 Å². The molecule has 11 heavy (non-hydrogen) atoms. The molecule has 0 bridgehead atoms. The van der Waals surface area contributed by atoms with Gasteiger partial charge < -0.3 is 10.2 Å². The van der Waals surface area contributed by atoms with Crippen LogP contribution in [0.1, 0.15) is 19.3 Å². The van der Waals surface area contributed by atoms with Crippen molar-refractivity contribution in [3.05, 3.63) is 0 Å². The van der Waals surface area contributed by atoms with Gasteiger partial charge in [0.2, 0.25) is 0 Å². The molecule has 0 rings (SSSR count). The smallest absolute Gasteiger partial charge is 0.124 e. The van der Waals surface area contributed by atoms with Crippen LogP contribution in [0.2, 0.25) is 0 Å². The predicted molar refractivity (Wildman–Crippen MR) is 56.6 cm³/mol. The lowest BCUT2D eigenvalue weighted by atomic mass is 10.2. The van der Waals surface area contributed by atoms with Gasteiger partial charge in [0.1, 0.15) is 3.41 Å². The van der Waals surface area contributed by atoms with Crippen molar-refractivity contribution in [2.75, 3.05) is 6.61 Å². The number of thiol groups is 3. The van der Waals surface area contributed by atoms with Gasteiger partial charge in [-0.15, -0.1) is 37.9 Å². The van der Waals surface area contributed by atoms with Crippen LogP contribution in [-0.4, -0.2) is 26.3 Å². The Morgan fingerprint density at radius 3 is 2.09 bits per heavy atom. The Labute approximate surface area is 83.6 Å². The number of rotatable bonds is 5. The molecule has 0 saturated carbocycles. The van der Waals surface area contributed by atoms with Crippen LogP contribution >= 0.6 is 37.9 Å². The van der Waals surface area contributed by atoms with E-state index in [4.69, 9.17) is 5.11 Å². The molecular weight excluding hydrogens is 200 g/mol. The molecular formula is C6H14O2S3. The van der Waals surface area contributed by atoms with Gasteiger partial charge in [-0.3, -0.25) is 0 Å². The molecule has 0 amide bonds. The third-order valence-corrected chi connectivity index (χ3v) is 2.23. The van der Waals surface area contributed by atoms with Gasteiger partial charge >= 0.3 is 0 Å². The molecule has 2 nitrogen and oxygen atoms in total. The highest BCUT2D eigenvalue weighted by Crippen LogP contribution is 2.30. The zero-order valence-corrected chi connectivity index (χ0v) is 8.83. The largest absolute Gasteiger partial charge is 0.396 e. The van der Waals surface area contributed by atoms with Crippen LogP contribution in [0, 0.1) is 0 Å². The van der Waals surface area contributed by atoms with Gasteiger partial charge in [-0.05, 0) is 19.3 Å². The van der Waals surface area contributed by atoms with E-state index in [1.54, 1.807) is 0 Å². The second kappa shape index (κ2) is 5.59. The van der Waals surface area contributed by atoms with E-state index in [0.29, 0.717) is 12.8 Å². The summed E-state index contributed by atoms with van der Waals surface area (Å²) in [5.74, 6) is 0. The van der Waals surface area contributed by atoms with Gasteiger partial charge in [0.05, 0.1) is 6.10 Å². The highest BCUT2D eigenvalue weighted by atomic mass is 32.2. The molecule has 0 radical (unpaired) electrons. The van der Waals surface area contributed by atoms with Gasteiger partial charge in [-0.25, -0.2) is 0 Å². The highest BCUT2D eigenvalue weighted by molar-refractivity contribution is 8.17. The summed E-state index contributed by atoms with van der Waals surface area (Å²) in [5, 5.41) is 17.7. The minimum atomic E-state index is -0.935. The Balaban J connectivity index is 3.44. The van der Waals surface area contributed by atoms with Gasteiger partial charge in [0, 0.05) is 6.61 Å². The van der Waals surface area contributed by atoms with Gasteiger partial charge in [0.25, 0.3) is 0 Å². The average molecular weight is 214 g/mol. The normalized spacial score (nSPS) is 15.0. The first-order chi connectivity index (χ1) is 4.98. The molecule has 0 aromatic carbocycles. The lowest BCUT2D eigenvalue weighted by Crippen LogP contribution is -2.25. The molecule has 0 aliphatic carbocycles. The molecule has 0 heterocycles. The number of hydrogen-bond donors (Lipinski definition) is 5. The van der Waals surface area contributed by atoms with Crippen LogP contribution in [0.15, 0.2) is 0 Å². The standard InChI is InChI=1S/C6H14O2S3/c7-4-2-1-3-5(8)6(9,10)11/h5,7-11H,1-4H2. The summed E-state index contributed by atoms with van der Waals surface area (Å²) < 4.78 is -0.935. The number of aliphatic hydroxyl groups excluding tert-OH is 2. The fraction of sp³-hybridized carbons (Fsp3) is 1.00. The summed E-state index contributed by atoms with van der Waals surface area (Å²) in [5.41, 5.74) is 0. The molecule has 1 unspecified atom stereocenters. The minimum absolute atomic E-state index is 0.158. The van der Waals surface area contributed by atoms with Crippen LogP contribution in [-0.2, 0) is 0 Å². The van der Waals surface area contributed by atoms with Crippen LogP contribution < -0.4 is 0 Å². The Morgan fingerprint density at radius 1 is 1.18 bits per heavy atom. The molecule has 0 fully saturated rings. The van der Waals surface area contributed by atoms with Crippen molar-refractivity contribution in [2.24, 2.45) is 0 Å². The third-order valence-electron chi connectivity index (χ3n) is 1.33. The van der Waals surface area contributed by atoms with Gasteiger partial charge in [-0.1, -0.05) is 0 Å². The Bertz CT molecular complexity index is 102. The zero-order chi connectivity index (χ0) is 8.91. The molecule has 0 aliphatic rings. The second-order valence-electron chi connectivity index (χ2n) is 2.42. The maximum Gasteiger partial charge on any atom is 0.124 e. The zero-order valence-electron chi connectivity index (χ0n) is 6.14. The fourth-order valence-corrected chi connectivity index (χ4v) is 1.03. The number of hydrogen-bond acceptors (Lipinski definition) is 5. The molecule has 0 saturated heterocycles. The summed E-state index contributed by atoms with van der Waals surface area (Å²) in [7, 11) is 0. The van der Waals surface area contributed by atoms with E-state index >= 15 is 0 Å². The summed E-state index contributed by atoms with van der Waals surface area (Å²) in [6, 6.07) is 0. The molecule has 0 aliphatic heterocycles. The lowest BCUT2D eigenvalue weighted by molar-refractivity contribution is 0.167. The van der Waals surface area contributed by atoms with E-state index in [2.05, 4.69) is 37.9 Å². The first-order valence-corrected chi connectivity index (χ1v) is 4.78. The summed E-state index contributed by atoms with van der Waals surface area (Å²) in [4.78, 5) is 0. The minimum Gasteiger partial charge on any atom is -0.396 e. The molecule has 2 N–H and O–H groups in total. The van der Waals surface area contributed by atoms with Crippen molar-refractivity contribution in [2.45, 2.75) is 28.8 Å². The maximum atomic E-state index is 9.30. The molecule has 68 valence electrons. The molecule has 0 aromatic rings. The van der Waals surface area contributed by atoms with Crippen molar-refractivity contribution in [3.63, 3.8) is 0 Å². The highest BCUT2D eigenvalue weighted by Gasteiger charge is 2.24. The van der Waals surface area contributed by atoms with E-state index in [9.17, 15) is 5.11 Å². The van der Waals surface area contributed by atoms with Crippen LogP contribution in [0.3, 0.4) is 0 Å². The van der Waals surface area contributed by atoms with Gasteiger partial charge in [-0.2, -0.15) is 0 Å². The van der Waals surface area contributed by atoms with E-state index < -0.39 is 9.52 Å². The Hall–Kier alpha value is 0.970. The number of unbranched alkanes of at least 4 members (excludes halogenated alkanes) is 1. The number of aliphatic hydroxyl groups is 2. The first kappa shape index (κ1) is 12.0. The topological polar surface area (TPSA) is 40.5 Å². The molecule has 1 atom stereocenters. The van der Waals surface area contributed by atoms with E-state index in [1.807, 2.05) is 0 Å². The van der Waals surface area contributed by atoms with Crippen LogP contribution in [0.5, 0.6) is 0 Å². The quantitative estimate of drug-likeness (QED) is 0.269. The fourth-order valence-electron chi connectivity index (χ4n) is 0.643. The van der Waals surface area contributed by atoms with Gasteiger partial charge in [0.15, 0.2) is 0 Å². The molecule has 5 heteroatoms.